The molecule has 6 nitrogen and oxygen atoms in total. The number of quaternary nitrogens is 1. The predicted molar refractivity (Wildman–Crippen MR) is 150 cm³/mol. The van der Waals surface area contributed by atoms with Crippen molar-refractivity contribution < 1.29 is 19.2 Å². The van der Waals surface area contributed by atoms with Gasteiger partial charge in [-0.2, -0.15) is 0 Å². The smallest absolute Gasteiger partial charge is 0.315 e. The number of hydrogen-bond acceptors (Lipinski definition) is 3. The molecule has 37 heavy (non-hydrogen) atoms. The molecule has 0 fully saturated rings. The fourth-order valence-corrected chi connectivity index (χ4v) is 4.87. The van der Waals surface area contributed by atoms with Gasteiger partial charge in [-0.05, 0) is 41.9 Å². The zero-order valence-corrected chi connectivity index (χ0v) is 23.5. The van der Waals surface area contributed by atoms with E-state index in [1.807, 2.05) is 27.2 Å². The number of amides is 2. The van der Waals surface area contributed by atoms with Crippen LogP contribution in [0.3, 0.4) is 0 Å². The number of urea groups is 1. The first kappa shape index (κ1) is 30.4. The van der Waals surface area contributed by atoms with Gasteiger partial charge in [0, 0.05) is 25.4 Å². The van der Waals surface area contributed by atoms with Crippen LogP contribution in [0.1, 0.15) is 64.4 Å². The number of carbonyl (C=O) groups excluding carboxylic acids is 2. The molecule has 2 N–H and O–H groups in total. The van der Waals surface area contributed by atoms with E-state index in [4.69, 9.17) is 0 Å². The Bertz CT molecular complexity index is 936. The van der Waals surface area contributed by atoms with Gasteiger partial charge in [-0.15, -0.1) is 0 Å². The van der Waals surface area contributed by atoms with Crippen molar-refractivity contribution in [1.82, 2.24) is 10.6 Å². The number of hydrogen-bond donors (Lipinski definition) is 2. The van der Waals surface area contributed by atoms with Gasteiger partial charge in [0.05, 0.1) is 27.2 Å². The summed E-state index contributed by atoms with van der Waals surface area (Å²) >= 11 is 0. The molecule has 0 aliphatic carbocycles. The highest BCUT2D eigenvalue weighted by Crippen LogP contribution is 2.21. The molecule has 2 atom stereocenters. The maximum absolute atomic E-state index is 12.5. The number of aryl methyl sites for hydroxylation is 1. The van der Waals surface area contributed by atoms with Gasteiger partial charge in [0.1, 0.15) is 6.04 Å². The molecule has 0 aromatic heterocycles. The first-order chi connectivity index (χ1) is 17.6. The van der Waals surface area contributed by atoms with E-state index in [-0.39, 0.29) is 18.5 Å². The second kappa shape index (κ2) is 15.4. The SMILES string of the molecule is CC(C)CC(C(CC(=O)[O-])NC(=O)NCCCCCCCc1ccc(-c2ccccc2)cc1)[N+](C)(C)C. The molecule has 0 bridgehead atoms. The Hall–Kier alpha value is -2.86. The van der Waals surface area contributed by atoms with Gasteiger partial charge < -0.3 is 25.0 Å². The minimum absolute atomic E-state index is 0.0156. The number of unbranched alkanes of at least 4 members (excludes halogenated alkanes) is 4. The third kappa shape index (κ3) is 11.8. The first-order valence-corrected chi connectivity index (χ1v) is 13.8. The Kier molecular flexibility index (Phi) is 12.6. The highest BCUT2D eigenvalue weighted by atomic mass is 16.4. The van der Waals surface area contributed by atoms with Crippen LogP contribution in [-0.2, 0) is 11.2 Å². The van der Waals surface area contributed by atoms with E-state index in [1.165, 1.54) is 23.1 Å². The van der Waals surface area contributed by atoms with Gasteiger partial charge in [-0.3, -0.25) is 0 Å². The lowest BCUT2D eigenvalue weighted by Crippen LogP contribution is -2.60. The van der Waals surface area contributed by atoms with Gasteiger partial charge >= 0.3 is 6.03 Å². The second-order valence-corrected chi connectivity index (χ2v) is 11.5. The summed E-state index contributed by atoms with van der Waals surface area (Å²) in [6.07, 6.45) is 7.15. The Labute approximate surface area is 224 Å². The maximum atomic E-state index is 12.5. The van der Waals surface area contributed by atoms with Crippen LogP contribution < -0.4 is 15.7 Å². The number of carboxylic acid groups (broad SMARTS) is 1. The molecule has 6 heteroatoms. The largest absolute Gasteiger partial charge is 0.550 e. The Morgan fingerprint density at radius 2 is 1.43 bits per heavy atom. The minimum atomic E-state index is -1.14. The summed E-state index contributed by atoms with van der Waals surface area (Å²) in [5, 5.41) is 17.2. The maximum Gasteiger partial charge on any atom is 0.315 e. The molecule has 0 heterocycles. The van der Waals surface area contributed by atoms with E-state index >= 15 is 0 Å². The summed E-state index contributed by atoms with van der Waals surface area (Å²) < 4.78 is 0.577. The van der Waals surface area contributed by atoms with Crippen LogP contribution in [0, 0.1) is 5.92 Å². The molecular formula is C31H47N3O3. The summed E-state index contributed by atoms with van der Waals surface area (Å²) in [5.74, 6) is -0.746. The van der Waals surface area contributed by atoms with Crippen LogP contribution in [0.25, 0.3) is 11.1 Å². The van der Waals surface area contributed by atoms with Crippen molar-refractivity contribution in [3.05, 3.63) is 60.2 Å². The molecule has 204 valence electrons. The molecular weight excluding hydrogens is 462 g/mol. The van der Waals surface area contributed by atoms with E-state index in [9.17, 15) is 14.7 Å². The lowest BCUT2D eigenvalue weighted by Gasteiger charge is -2.40. The monoisotopic (exact) mass is 509 g/mol. The van der Waals surface area contributed by atoms with Gasteiger partial charge in [-0.25, -0.2) is 4.79 Å². The summed E-state index contributed by atoms with van der Waals surface area (Å²) in [6, 6.07) is 18.5. The number of nitrogens with zero attached hydrogens (tertiary/aromatic N) is 1. The molecule has 2 amide bonds. The number of benzene rings is 2. The van der Waals surface area contributed by atoms with Crippen molar-refractivity contribution in [2.24, 2.45) is 5.92 Å². The number of carboxylic acids is 1. The van der Waals surface area contributed by atoms with Crippen molar-refractivity contribution in [2.75, 3.05) is 27.7 Å². The molecule has 2 rings (SSSR count). The van der Waals surface area contributed by atoms with E-state index in [0.717, 1.165) is 38.5 Å². The Morgan fingerprint density at radius 1 is 0.838 bits per heavy atom. The number of aliphatic carboxylic acids is 1. The van der Waals surface area contributed by atoms with Crippen molar-refractivity contribution in [1.29, 1.82) is 0 Å². The van der Waals surface area contributed by atoms with Gasteiger partial charge in [0.15, 0.2) is 0 Å². The standard InChI is InChI=1S/C31H47N3O3/c1-24(2)22-29(34(3,4)5)28(23-30(35)36)33-31(37)32-21-13-8-6-7-10-14-25-17-19-27(20-18-25)26-15-11-9-12-16-26/h9,11-12,15-20,24,28-29H,6-8,10,13-14,21-23H2,1-5H3,(H2-,32,33,35,36,37). The van der Waals surface area contributed by atoms with Crippen LogP contribution in [0.15, 0.2) is 54.6 Å². The van der Waals surface area contributed by atoms with Crippen LogP contribution >= 0.6 is 0 Å². The molecule has 0 spiro atoms. The molecule has 2 aromatic rings. The molecule has 0 saturated carbocycles. The summed E-state index contributed by atoms with van der Waals surface area (Å²) in [5.41, 5.74) is 3.86. The number of carbonyl (C=O) groups is 2. The van der Waals surface area contributed by atoms with Crippen LogP contribution in [-0.4, -0.2) is 56.3 Å². The summed E-state index contributed by atoms with van der Waals surface area (Å²) in [4.78, 5) is 23.9. The lowest BCUT2D eigenvalue weighted by molar-refractivity contribution is -0.898. The fourth-order valence-electron chi connectivity index (χ4n) is 4.87. The van der Waals surface area contributed by atoms with Crippen molar-refractivity contribution in [3.8, 4) is 11.1 Å². The topological polar surface area (TPSA) is 81.3 Å². The molecule has 2 unspecified atom stereocenters. The van der Waals surface area contributed by atoms with Crippen molar-refractivity contribution in [3.63, 3.8) is 0 Å². The zero-order valence-electron chi connectivity index (χ0n) is 23.5. The van der Waals surface area contributed by atoms with Crippen LogP contribution in [0.5, 0.6) is 0 Å². The fraction of sp³-hybridized carbons (Fsp3) is 0.548. The van der Waals surface area contributed by atoms with E-state index in [2.05, 4.69) is 73.0 Å². The molecule has 0 saturated heterocycles. The third-order valence-corrected chi connectivity index (χ3v) is 6.86. The molecule has 0 aliphatic rings. The molecule has 0 aliphatic heterocycles. The number of rotatable bonds is 16. The Morgan fingerprint density at radius 3 is 2.03 bits per heavy atom. The quantitative estimate of drug-likeness (QED) is 0.253. The number of nitrogens with one attached hydrogen (secondary N) is 2. The van der Waals surface area contributed by atoms with Crippen LogP contribution in [0.4, 0.5) is 4.79 Å². The van der Waals surface area contributed by atoms with Gasteiger partial charge in [-0.1, -0.05) is 87.7 Å². The highest BCUT2D eigenvalue weighted by molar-refractivity contribution is 5.75. The highest BCUT2D eigenvalue weighted by Gasteiger charge is 2.34. The van der Waals surface area contributed by atoms with E-state index in [0.29, 0.717) is 16.9 Å². The van der Waals surface area contributed by atoms with Crippen LogP contribution in [0.2, 0.25) is 0 Å². The zero-order chi connectivity index (χ0) is 27.3. The third-order valence-electron chi connectivity index (χ3n) is 6.86. The first-order valence-electron chi connectivity index (χ1n) is 13.8. The second-order valence-electron chi connectivity index (χ2n) is 11.5. The predicted octanol–water partition coefficient (Wildman–Crippen LogP) is 4.78. The molecule has 2 aromatic carbocycles. The average molecular weight is 510 g/mol. The van der Waals surface area contributed by atoms with Gasteiger partial charge in [0.2, 0.25) is 0 Å². The normalized spacial score (nSPS) is 13.2. The lowest BCUT2D eigenvalue weighted by atomic mass is 9.93. The van der Waals surface area contributed by atoms with Crippen molar-refractivity contribution >= 4 is 12.0 Å². The minimum Gasteiger partial charge on any atom is -0.550 e. The summed E-state index contributed by atoms with van der Waals surface area (Å²) in [6.45, 7) is 4.81. The van der Waals surface area contributed by atoms with Gasteiger partial charge in [0.25, 0.3) is 0 Å². The van der Waals surface area contributed by atoms with Crippen molar-refractivity contribution in [2.45, 2.75) is 77.3 Å². The number of likely N-dealkylation sites (N-methyl/N-ethyl adjacent to an activating group) is 1. The van der Waals surface area contributed by atoms with E-state index < -0.39 is 12.0 Å². The molecule has 0 radical (unpaired) electrons. The van der Waals surface area contributed by atoms with E-state index in [1.54, 1.807) is 0 Å². The average Bonchev–Trinajstić information content (AvgIpc) is 2.83. The summed E-state index contributed by atoms with van der Waals surface area (Å²) in [7, 11) is 6.11. The Balaban J connectivity index is 1.65.